The van der Waals surface area contributed by atoms with Gasteiger partial charge >= 0.3 is 0 Å². The molecule has 2 rings (SSSR count). The summed E-state index contributed by atoms with van der Waals surface area (Å²) in [7, 11) is 4.42. The quantitative estimate of drug-likeness (QED) is 0.277. The van der Waals surface area contributed by atoms with Crippen molar-refractivity contribution in [1.82, 2.24) is 25.3 Å². The van der Waals surface area contributed by atoms with Gasteiger partial charge in [0.15, 0.2) is 5.96 Å². The number of nitrogens with one attached hydrogen (secondary N) is 2. The van der Waals surface area contributed by atoms with E-state index in [1.165, 1.54) is 31.6 Å². The Morgan fingerprint density at radius 2 is 1.90 bits per heavy atom. The molecule has 0 radical (unpaired) electrons. The first-order chi connectivity index (χ1) is 14.1. The summed E-state index contributed by atoms with van der Waals surface area (Å²) in [5, 5.41) is 6.89. The summed E-state index contributed by atoms with van der Waals surface area (Å²) < 4.78 is 0. The molecule has 30 heavy (non-hydrogen) atoms. The maximum Gasteiger partial charge on any atom is 0.191 e. The molecule has 0 spiro atoms. The van der Waals surface area contributed by atoms with Gasteiger partial charge in [0.1, 0.15) is 0 Å². The molecule has 0 bridgehead atoms. The van der Waals surface area contributed by atoms with Gasteiger partial charge in [0.05, 0.1) is 0 Å². The van der Waals surface area contributed by atoms with Crippen molar-refractivity contribution in [3.8, 4) is 0 Å². The third-order valence-electron chi connectivity index (χ3n) is 5.72. The molecular formula is C23H43IN6. The molecule has 0 aliphatic carbocycles. The van der Waals surface area contributed by atoms with Crippen molar-refractivity contribution in [3.05, 3.63) is 35.9 Å². The van der Waals surface area contributed by atoms with Crippen molar-refractivity contribution in [1.29, 1.82) is 0 Å². The van der Waals surface area contributed by atoms with E-state index < -0.39 is 0 Å². The van der Waals surface area contributed by atoms with Crippen LogP contribution in [0, 0.1) is 0 Å². The molecular weight excluding hydrogens is 487 g/mol. The lowest BCUT2D eigenvalue weighted by Gasteiger charge is -2.24. The average Bonchev–Trinajstić information content (AvgIpc) is 2.92. The second-order valence-electron chi connectivity index (χ2n) is 8.22. The monoisotopic (exact) mass is 530 g/mol. The van der Waals surface area contributed by atoms with Gasteiger partial charge in [-0.1, -0.05) is 30.3 Å². The number of hydrogen-bond donors (Lipinski definition) is 2. The Morgan fingerprint density at radius 1 is 1.13 bits per heavy atom. The molecule has 1 atom stereocenters. The second-order valence-corrected chi connectivity index (χ2v) is 8.22. The molecule has 1 fully saturated rings. The van der Waals surface area contributed by atoms with E-state index in [2.05, 4.69) is 83.6 Å². The lowest BCUT2D eigenvalue weighted by Crippen LogP contribution is -2.42. The number of hydrogen-bond acceptors (Lipinski definition) is 4. The number of benzene rings is 1. The molecule has 0 saturated carbocycles. The molecule has 0 amide bonds. The number of nitrogens with zero attached hydrogens (tertiary/aromatic N) is 4. The Morgan fingerprint density at radius 3 is 2.63 bits per heavy atom. The lowest BCUT2D eigenvalue weighted by molar-refractivity contribution is 0.240. The summed E-state index contributed by atoms with van der Waals surface area (Å²) in [6.45, 7) is 13.9. The molecule has 1 aromatic rings. The standard InChI is InChI=1S/C23H42N6.HI/c1-5-24-23(26-14-17-29-16-9-15-27(3)18-19-29)25-13-12-21(2)28(4)20-22-10-7-6-8-11-22;/h6-8,10-11,21H,5,9,12-20H2,1-4H3,(H2,24,25,26);1H. The molecule has 1 aliphatic heterocycles. The fourth-order valence-electron chi connectivity index (χ4n) is 3.61. The summed E-state index contributed by atoms with van der Waals surface area (Å²) >= 11 is 0. The highest BCUT2D eigenvalue weighted by atomic mass is 127. The highest BCUT2D eigenvalue weighted by molar-refractivity contribution is 14.0. The summed E-state index contributed by atoms with van der Waals surface area (Å²) in [5.41, 5.74) is 1.36. The molecule has 1 heterocycles. The summed E-state index contributed by atoms with van der Waals surface area (Å²) in [4.78, 5) is 12.2. The Bertz CT molecular complexity index is 582. The van der Waals surface area contributed by atoms with Gasteiger partial charge in [-0.2, -0.15) is 0 Å². The number of aliphatic imine (C=N–C) groups is 1. The largest absolute Gasteiger partial charge is 0.357 e. The van der Waals surface area contributed by atoms with Crippen molar-refractivity contribution < 1.29 is 0 Å². The van der Waals surface area contributed by atoms with Gasteiger partial charge in [-0.05, 0) is 59.4 Å². The van der Waals surface area contributed by atoms with Crippen LogP contribution in [0.25, 0.3) is 0 Å². The second kappa shape index (κ2) is 15.8. The Labute approximate surface area is 201 Å². The van der Waals surface area contributed by atoms with E-state index in [9.17, 15) is 0 Å². The van der Waals surface area contributed by atoms with Crippen LogP contribution in [0.15, 0.2) is 35.3 Å². The lowest BCUT2D eigenvalue weighted by atomic mass is 10.1. The number of guanidine groups is 1. The maximum atomic E-state index is 4.80. The van der Waals surface area contributed by atoms with Gasteiger partial charge in [-0.3, -0.25) is 9.89 Å². The fraction of sp³-hybridized carbons (Fsp3) is 0.696. The van der Waals surface area contributed by atoms with E-state index in [-0.39, 0.29) is 24.0 Å². The zero-order chi connectivity index (χ0) is 20.9. The predicted molar refractivity (Wildman–Crippen MR) is 140 cm³/mol. The van der Waals surface area contributed by atoms with E-state index in [0.717, 1.165) is 51.6 Å². The highest BCUT2D eigenvalue weighted by Crippen LogP contribution is 2.08. The summed E-state index contributed by atoms with van der Waals surface area (Å²) in [6.07, 6.45) is 2.32. The Kier molecular flexibility index (Phi) is 14.3. The molecule has 1 aromatic carbocycles. The van der Waals surface area contributed by atoms with Gasteiger partial charge in [0, 0.05) is 51.9 Å². The highest BCUT2D eigenvalue weighted by Gasteiger charge is 2.12. The molecule has 2 N–H and O–H groups in total. The van der Waals surface area contributed by atoms with Crippen LogP contribution in [-0.2, 0) is 6.54 Å². The topological polar surface area (TPSA) is 46.1 Å². The van der Waals surface area contributed by atoms with Crippen molar-refractivity contribution in [2.45, 2.75) is 39.3 Å². The minimum Gasteiger partial charge on any atom is -0.357 e. The van der Waals surface area contributed by atoms with E-state index >= 15 is 0 Å². The van der Waals surface area contributed by atoms with Crippen molar-refractivity contribution in [2.24, 2.45) is 4.99 Å². The minimum absolute atomic E-state index is 0. The van der Waals surface area contributed by atoms with Crippen LogP contribution in [-0.4, -0.2) is 93.2 Å². The van der Waals surface area contributed by atoms with Crippen LogP contribution in [0.1, 0.15) is 32.3 Å². The van der Waals surface area contributed by atoms with Crippen LogP contribution in [0.4, 0.5) is 0 Å². The first-order valence-corrected chi connectivity index (χ1v) is 11.3. The van der Waals surface area contributed by atoms with Gasteiger partial charge in [0.2, 0.25) is 0 Å². The third kappa shape index (κ3) is 10.9. The van der Waals surface area contributed by atoms with Crippen LogP contribution in [0.3, 0.4) is 0 Å². The SMILES string of the molecule is CCNC(=NCCC(C)N(C)Cc1ccccc1)NCCN1CCCN(C)CC1.I. The first kappa shape index (κ1) is 27.1. The van der Waals surface area contributed by atoms with Crippen LogP contribution >= 0.6 is 24.0 Å². The van der Waals surface area contributed by atoms with Crippen LogP contribution < -0.4 is 10.6 Å². The van der Waals surface area contributed by atoms with Crippen molar-refractivity contribution >= 4 is 29.9 Å². The van der Waals surface area contributed by atoms with E-state index in [4.69, 9.17) is 4.99 Å². The zero-order valence-corrected chi connectivity index (χ0v) is 21.8. The van der Waals surface area contributed by atoms with Gasteiger partial charge < -0.3 is 20.4 Å². The van der Waals surface area contributed by atoms with Crippen LogP contribution in [0.2, 0.25) is 0 Å². The predicted octanol–water partition coefficient (Wildman–Crippen LogP) is 2.71. The molecule has 6 nitrogen and oxygen atoms in total. The normalized spacial score (nSPS) is 17.3. The average molecular weight is 531 g/mol. The summed E-state index contributed by atoms with van der Waals surface area (Å²) in [6, 6.07) is 11.2. The molecule has 172 valence electrons. The van der Waals surface area contributed by atoms with E-state index in [1.807, 2.05) is 0 Å². The van der Waals surface area contributed by atoms with Gasteiger partial charge in [0.25, 0.3) is 0 Å². The molecule has 1 saturated heterocycles. The van der Waals surface area contributed by atoms with E-state index in [0.29, 0.717) is 6.04 Å². The van der Waals surface area contributed by atoms with Gasteiger partial charge in [-0.25, -0.2) is 0 Å². The first-order valence-electron chi connectivity index (χ1n) is 11.3. The van der Waals surface area contributed by atoms with Crippen molar-refractivity contribution in [3.63, 3.8) is 0 Å². The molecule has 1 aliphatic rings. The fourth-order valence-corrected chi connectivity index (χ4v) is 3.61. The number of halogens is 1. The van der Waals surface area contributed by atoms with Crippen molar-refractivity contribution in [2.75, 3.05) is 66.5 Å². The Balaban J connectivity index is 0.00000450. The van der Waals surface area contributed by atoms with Gasteiger partial charge in [-0.15, -0.1) is 24.0 Å². The molecule has 1 unspecified atom stereocenters. The van der Waals surface area contributed by atoms with E-state index in [1.54, 1.807) is 0 Å². The van der Waals surface area contributed by atoms with Crippen LogP contribution in [0.5, 0.6) is 0 Å². The zero-order valence-electron chi connectivity index (χ0n) is 19.4. The number of rotatable bonds is 10. The number of likely N-dealkylation sites (N-methyl/N-ethyl adjacent to an activating group) is 1. The smallest absolute Gasteiger partial charge is 0.191 e. The Hall–Kier alpha value is -0.900. The summed E-state index contributed by atoms with van der Waals surface area (Å²) in [5.74, 6) is 0.942. The third-order valence-corrected chi connectivity index (χ3v) is 5.72. The molecule has 0 aromatic heterocycles. The molecule has 7 heteroatoms. The minimum atomic E-state index is 0. The maximum absolute atomic E-state index is 4.80.